The number of anilines is 1. The van der Waals surface area contributed by atoms with Crippen molar-refractivity contribution in [2.45, 2.75) is 13.8 Å². The standard InChI is InChI=1S/C13H11FN4/c1-7-12(17-8(2)18-13(7)16)10-3-9(6-15)4-11(14)5-10/h3-5H,1-2H3,(H2,16,17,18). The molecular weight excluding hydrogens is 231 g/mol. The zero-order valence-electron chi connectivity index (χ0n) is 10.0. The van der Waals surface area contributed by atoms with Gasteiger partial charge < -0.3 is 5.73 Å². The Kier molecular flexibility index (Phi) is 2.94. The Morgan fingerprint density at radius 2 is 1.94 bits per heavy atom. The van der Waals surface area contributed by atoms with Crippen molar-refractivity contribution < 1.29 is 4.39 Å². The predicted molar refractivity (Wildman–Crippen MR) is 66.0 cm³/mol. The summed E-state index contributed by atoms with van der Waals surface area (Å²) < 4.78 is 13.4. The lowest BCUT2D eigenvalue weighted by molar-refractivity contribution is 0.627. The average Bonchev–Trinajstić information content (AvgIpc) is 2.32. The molecule has 1 heterocycles. The van der Waals surface area contributed by atoms with Gasteiger partial charge in [-0.2, -0.15) is 5.26 Å². The van der Waals surface area contributed by atoms with Crippen molar-refractivity contribution in [3.05, 3.63) is 41.0 Å². The van der Waals surface area contributed by atoms with Crippen LogP contribution in [0.25, 0.3) is 11.3 Å². The fraction of sp³-hybridized carbons (Fsp3) is 0.154. The number of nitriles is 1. The molecule has 1 aromatic heterocycles. The molecule has 0 spiro atoms. The first-order valence-electron chi connectivity index (χ1n) is 5.33. The number of aromatic nitrogens is 2. The van der Waals surface area contributed by atoms with E-state index in [1.54, 1.807) is 19.9 Å². The second-order valence-electron chi connectivity index (χ2n) is 3.97. The topological polar surface area (TPSA) is 75.6 Å². The van der Waals surface area contributed by atoms with Crippen LogP contribution in [0.5, 0.6) is 0 Å². The van der Waals surface area contributed by atoms with Crippen LogP contribution in [0, 0.1) is 31.0 Å². The molecule has 1 aromatic carbocycles. The molecule has 2 aromatic rings. The van der Waals surface area contributed by atoms with E-state index >= 15 is 0 Å². The SMILES string of the molecule is Cc1nc(N)c(C)c(-c2cc(F)cc(C#N)c2)n1. The van der Waals surface area contributed by atoms with Crippen LogP contribution in [0.3, 0.4) is 0 Å². The summed E-state index contributed by atoms with van der Waals surface area (Å²) in [5, 5.41) is 8.84. The monoisotopic (exact) mass is 242 g/mol. The minimum atomic E-state index is -0.474. The van der Waals surface area contributed by atoms with E-state index in [1.807, 2.05) is 6.07 Å². The van der Waals surface area contributed by atoms with E-state index in [1.165, 1.54) is 12.1 Å². The molecule has 5 heteroatoms. The Bertz CT molecular complexity index is 659. The van der Waals surface area contributed by atoms with E-state index in [9.17, 15) is 4.39 Å². The molecule has 0 unspecified atom stereocenters. The van der Waals surface area contributed by atoms with Crippen molar-refractivity contribution in [2.75, 3.05) is 5.73 Å². The Morgan fingerprint density at radius 1 is 1.22 bits per heavy atom. The number of hydrogen-bond donors (Lipinski definition) is 1. The number of rotatable bonds is 1. The maximum Gasteiger partial charge on any atom is 0.130 e. The molecule has 2 rings (SSSR count). The highest BCUT2D eigenvalue weighted by atomic mass is 19.1. The lowest BCUT2D eigenvalue weighted by Crippen LogP contribution is -2.02. The highest BCUT2D eigenvalue weighted by Gasteiger charge is 2.11. The van der Waals surface area contributed by atoms with Gasteiger partial charge in [-0.3, -0.25) is 0 Å². The first kappa shape index (κ1) is 12.0. The molecule has 0 aliphatic rings. The van der Waals surface area contributed by atoms with E-state index in [0.717, 1.165) is 0 Å². The fourth-order valence-corrected chi connectivity index (χ4v) is 1.72. The number of nitrogens with zero attached hydrogens (tertiary/aromatic N) is 3. The maximum absolute atomic E-state index is 13.4. The molecule has 0 radical (unpaired) electrons. The lowest BCUT2D eigenvalue weighted by Gasteiger charge is -2.09. The third-order valence-electron chi connectivity index (χ3n) is 2.60. The molecule has 0 aliphatic heterocycles. The summed E-state index contributed by atoms with van der Waals surface area (Å²) in [6.07, 6.45) is 0. The van der Waals surface area contributed by atoms with Crippen molar-refractivity contribution in [3.63, 3.8) is 0 Å². The highest BCUT2D eigenvalue weighted by molar-refractivity contribution is 5.68. The largest absolute Gasteiger partial charge is 0.383 e. The summed E-state index contributed by atoms with van der Waals surface area (Å²) in [5.74, 6) is 0.398. The van der Waals surface area contributed by atoms with E-state index < -0.39 is 5.82 Å². The van der Waals surface area contributed by atoms with Crippen LogP contribution in [0.1, 0.15) is 17.0 Å². The van der Waals surface area contributed by atoms with Crippen LogP contribution in [0.15, 0.2) is 18.2 Å². The molecule has 18 heavy (non-hydrogen) atoms. The average molecular weight is 242 g/mol. The number of nitrogen functional groups attached to an aromatic ring is 1. The lowest BCUT2D eigenvalue weighted by atomic mass is 10.0. The van der Waals surface area contributed by atoms with E-state index in [2.05, 4.69) is 9.97 Å². The molecule has 4 nitrogen and oxygen atoms in total. The van der Waals surface area contributed by atoms with Crippen molar-refractivity contribution >= 4 is 5.82 Å². The second-order valence-corrected chi connectivity index (χ2v) is 3.97. The second kappa shape index (κ2) is 4.41. The Balaban J connectivity index is 2.69. The number of halogens is 1. The van der Waals surface area contributed by atoms with Crippen molar-refractivity contribution in [2.24, 2.45) is 0 Å². The first-order valence-corrected chi connectivity index (χ1v) is 5.33. The van der Waals surface area contributed by atoms with Gasteiger partial charge in [-0.25, -0.2) is 14.4 Å². The molecule has 0 saturated heterocycles. The summed E-state index contributed by atoms with van der Waals surface area (Å²) in [6.45, 7) is 3.48. The maximum atomic E-state index is 13.4. The summed E-state index contributed by atoms with van der Waals surface area (Å²) in [6, 6.07) is 6.00. The van der Waals surface area contributed by atoms with Crippen molar-refractivity contribution in [3.8, 4) is 17.3 Å². The zero-order chi connectivity index (χ0) is 13.3. The molecule has 0 aliphatic carbocycles. The van der Waals surface area contributed by atoms with Crippen LogP contribution in [0.4, 0.5) is 10.2 Å². The Labute approximate surface area is 104 Å². The van der Waals surface area contributed by atoms with Gasteiger partial charge in [0.05, 0.1) is 17.3 Å². The van der Waals surface area contributed by atoms with E-state index in [4.69, 9.17) is 11.0 Å². The van der Waals surface area contributed by atoms with Crippen LogP contribution >= 0.6 is 0 Å². The third-order valence-corrected chi connectivity index (χ3v) is 2.60. The molecule has 0 fully saturated rings. The van der Waals surface area contributed by atoms with Gasteiger partial charge in [-0.1, -0.05) is 0 Å². The van der Waals surface area contributed by atoms with Gasteiger partial charge in [-0.15, -0.1) is 0 Å². The smallest absolute Gasteiger partial charge is 0.130 e. The fourth-order valence-electron chi connectivity index (χ4n) is 1.72. The van der Waals surface area contributed by atoms with Crippen LogP contribution in [-0.2, 0) is 0 Å². The van der Waals surface area contributed by atoms with Crippen LogP contribution in [-0.4, -0.2) is 9.97 Å². The summed E-state index contributed by atoms with van der Waals surface area (Å²) in [5.41, 5.74) is 7.76. The quantitative estimate of drug-likeness (QED) is 0.832. The first-order chi connectivity index (χ1) is 8.51. The number of benzene rings is 1. The zero-order valence-corrected chi connectivity index (χ0v) is 10.0. The van der Waals surface area contributed by atoms with Gasteiger partial charge in [0, 0.05) is 11.1 Å². The molecular formula is C13H11FN4. The number of hydrogen-bond acceptors (Lipinski definition) is 4. The van der Waals surface area contributed by atoms with Crippen molar-refractivity contribution in [1.82, 2.24) is 9.97 Å². The Morgan fingerprint density at radius 3 is 2.61 bits per heavy atom. The van der Waals surface area contributed by atoms with Crippen LogP contribution < -0.4 is 5.73 Å². The third kappa shape index (κ3) is 2.13. The molecule has 0 atom stereocenters. The Hall–Kier alpha value is -2.48. The number of nitrogens with two attached hydrogens (primary N) is 1. The van der Waals surface area contributed by atoms with Gasteiger partial charge in [0.25, 0.3) is 0 Å². The molecule has 0 saturated carbocycles. The molecule has 0 amide bonds. The van der Waals surface area contributed by atoms with Gasteiger partial charge in [-0.05, 0) is 32.0 Å². The molecule has 2 N–H and O–H groups in total. The summed E-state index contributed by atoms with van der Waals surface area (Å²) in [4.78, 5) is 8.29. The van der Waals surface area contributed by atoms with Crippen LogP contribution in [0.2, 0.25) is 0 Å². The van der Waals surface area contributed by atoms with Gasteiger partial charge in [0.2, 0.25) is 0 Å². The van der Waals surface area contributed by atoms with Gasteiger partial charge >= 0.3 is 0 Å². The van der Waals surface area contributed by atoms with E-state index in [-0.39, 0.29) is 5.56 Å². The normalized spacial score (nSPS) is 10.1. The molecule has 90 valence electrons. The van der Waals surface area contributed by atoms with E-state index in [0.29, 0.717) is 28.5 Å². The summed E-state index contributed by atoms with van der Waals surface area (Å²) >= 11 is 0. The highest BCUT2D eigenvalue weighted by Crippen LogP contribution is 2.25. The predicted octanol–water partition coefficient (Wildman–Crippen LogP) is 2.35. The summed E-state index contributed by atoms with van der Waals surface area (Å²) in [7, 11) is 0. The minimum Gasteiger partial charge on any atom is -0.383 e. The molecule has 0 bridgehead atoms. The minimum absolute atomic E-state index is 0.249. The number of aryl methyl sites for hydroxylation is 1. The van der Waals surface area contributed by atoms with Gasteiger partial charge in [0.15, 0.2) is 0 Å². The van der Waals surface area contributed by atoms with Gasteiger partial charge in [0.1, 0.15) is 17.5 Å². The van der Waals surface area contributed by atoms with Crippen molar-refractivity contribution in [1.29, 1.82) is 5.26 Å².